The van der Waals surface area contributed by atoms with Crippen LogP contribution in [0.4, 0.5) is 11.4 Å². The molecule has 0 aromatic heterocycles. The summed E-state index contributed by atoms with van der Waals surface area (Å²) >= 11 is 0. The van der Waals surface area contributed by atoms with E-state index in [1.807, 2.05) is 0 Å². The number of phenols is 1. The number of piperidine rings is 1. The van der Waals surface area contributed by atoms with E-state index in [4.69, 9.17) is 0 Å². The van der Waals surface area contributed by atoms with Gasteiger partial charge in [0.25, 0.3) is 0 Å². The molecule has 2 heterocycles. The number of nitrogens with zero attached hydrogens (tertiary/aromatic N) is 2. The number of hydrogen-bond donors (Lipinski definition) is 2. The van der Waals surface area contributed by atoms with Gasteiger partial charge >= 0.3 is 0 Å². The van der Waals surface area contributed by atoms with Gasteiger partial charge in [0.2, 0.25) is 11.8 Å². The Bertz CT molecular complexity index is 720. The van der Waals surface area contributed by atoms with E-state index in [0.717, 1.165) is 25.9 Å². The molecule has 1 saturated heterocycles. The molecule has 6 heteroatoms. The molecule has 1 aromatic rings. The molecule has 1 aliphatic carbocycles. The van der Waals surface area contributed by atoms with Crippen molar-refractivity contribution in [3.8, 4) is 5.75 Å². The number of rotatable bonds is 2. The zero-order chi connectivity index (χ0) is 19.5. The first-order valence-corrected chi connectivity index (χ1v) is 10.8. The summed E-state index contributed by atoms with van der Waals surface area (Å²) in [5, 5.41) is 12.8. The van der Waals surface area contributed by atoms with E-state index in [-0.39, 0.29) is 30.0 Å². The van der Waals surface area contributed by atoms with Crippen LogP contribution in [0, 0.1) is 0 Å². The minimum Gasteiger partial charge on any atom is -0.508 e. The van der Waals surface area contributed by atoms with E-state index in [1.54, 1.807) is 23.1 Å². The summed E-state index contributed by atoms with van der Waals surface area (Å²) in [6.45, 7) is 1.99. The number of anilines is 2. The van der Waals surface area contributed by atoms with Gasteiger partial charge in [0.1, 0.15) is 12.2 Å². The molecule has 0 bridgehead atoms. The van der Waals surface area contributed by atoms with Crippen LogP contribution in [0.5, 0.6) is 5.75 Å². The van der Waals surface area contributed by atoms with E-state index in [2.05, 4.69) is 10.2 Å². The Balaban J connectivity index is 1.48. The Morgan fingerprint density at radius 2 is 1.57 bits per heavy atom. The van der Waals surface area contributed by atoms with Crippen molar-refractivity contribution in [3.63, 3.8) is 0 Å². The highest BCUT2D eigenvalue weighted by Crippen LogP contribution is 2.36. The summed E-state index contributed by atoms with van der Waals surface area (Å²) < 4.78 is 0. The predicted molar refractivity (Wildman–Crippen MR) is 110 cm³/mol. The maximum Gasteiger partial charge on any atom is 0.236 e. The minimum atomic E-state index is -0.286. The van der Waals surface area contributed by atoms with E-state index in [1.165, 1.54) is 44.9 Å². The number of amides is 2. The average molecular weight is 386 g/mol. The second-order valence-electron chi connectivity index (χ2n) is 8.46. The van der Waals surface area contributed by atoms with Crippen LogP contribution in [0.25, 0.3) is 0 Å². The number of phenolic OH excluding ortho intramolecular Hbond substituents is 1. The fraction of sp³-hybridized carbons (Fsp3) is 0.636. The summed E-state index contributed by atoms with van der Waals surface area (Å²) in [5.74, 6) is -0.350. The first-order chi connectivity index (χ1) is 13.6. The maximum atomic E-state index is 12.8. The molecule has 2 N–H and O–H groups in total. The Morgan fingerprint density at radius 1 is 0.893 bits per heavy atom. The van der Waals surface area contributed by atoms with Gasteiger partial charge in [-0.1, -0.05) is 32.1 Å². The Kier molecular flexibility index (Phi) is 5.85. The van der Waals surface area contributed by atoms with Crippen LogP contribution < -0.4 is 10.2 Å². The van der Waals surface area contributed by atoms with Gasteiger partial charge in [-0.25, -0.2) is 0 Å². The van der Waals surface area contributed by atoms with E-state index in [0.29, 0.717) is 17.4 Å². The largest absolute Gasteiger partial charge is 0.508 e. The standard InChI is InChI=1S/C22H31N3O3/c26-18-8-9-19-20(14-18)25(22(28)15-21(27)23-19)17-10-12-24(13-11-17)16-6-4-2-1-3-5-7-16/h8-9,14,16-17,26H,1-7,10-13,15H2,(H,23,27). The van der Waals surface area contributed by atoms with Crippen LogP contribution in [0.1, 0.15) is 64.2 Å². The smallest absolute Gasteiger partial charge is 0.236 e. The van der Waals surface area contributed by atoms with Crippen molar-refractivity contribution < 1.29 is 14.7 Å². The minimum absolute atomic E-state index is 0.0746. The normalized spacial score (nSPS) is 23.5. The van der Waals surface area contributed by atoms with Gasteiger partial charge in [0.05, 0.1) is 11.4 Å². The molecule has 6 nitrogen and oxygen atoms in total. The maximum absolute atomic E-state index is 12.8. The van der Waals surface area contributed by atoms with Gasteiger partial charge < -0.3 is 20.2 Å². The van der Waals surface area contributed by atoms with E-state index >= 15 is 0 Å². The van der Waals surface area contributed by atoms with Gasteiger partial charge in [-0.2, -0.15) is 0 Å². The third kappa shape index (κ3) is 4.17. The quantitative estimate of drug-likeness (QED) is 0.602. The Hall–Kier alpha value is -2.08. The lowest BCUT2D eigenvalue weighted by molar-refractivity contribution is -0.125. The number of benzene rings is 1. The van der Waals surface area contributed by atoms with Gasteiger partial charge in [0, 0.05) is 31.2 Å². The van der Waals surface area contributed by atoms with Crippen molar-refractivity contribution in [1.82, 2.24) is 4.90 Å². The molecule has 28 heavy (non-hydrogen) atoms. The summed E-state index contributed by atoms with van der Waals surface area (Å²) in [4.78, 5) is 29.3. The molecule has 2 aliphatic heterocycles. The van der Waals surface area contributed by atoms with Crippen LogP contribution in [0.3, 0.4) is 0 Å². The summed E-state index contributed by atoms with van der Waals surface area (Å²) in [7, 11) is 0. The van der Waals surface area contributed by atoms with Crippen LogP contribution >= 0.6 is 0 Å². The van der Waals surface area contributed by atoms with Crippen molar-refractivity contribution >= 4 is 23.2 Å². The van der Waals surface area contributed by atoms with Crippen molar-refractivity contribution in [3.05, 3.63) is 18.2 Å². The monoisotopic (exact) mass is 385 g/mol. The molecule has 152 valence electrons. The fourth-order valence-electron chi connectivity index (χ4n) is 5.09. The number of hydrogen-bond acceptors (Lipinski definition) is 4. The zero-order valence-corrected chi connectivity index (χ0v) is 16.5. The van der Waals surface area contributed by atoms with Crippen molar-refractivity contribution in [2.75, 3.05) is 23.3 Å². The van der Waals surface area contributed by atoms with Gasteiger partial charge in [0.15, 0.2) is 0 Å². The molecule has 2 fully saturated rings. The number of fused-ring (bicyclic) bond motifs is 1. The highest BCUT2D eigenvalue weighted by molar-refractivity contribution is 6.14. The first kappa shape index (κ1) is 19.2. The molecule has 0 spiro atoms. The van der Waals surface area contributed by atoms with E-state index < -0.39 is 0 Å². The molecule has 1 saturated carbocycles. The molecule has 3 aliphatic rings. The number of likely N-dealkylation sites (tertiary alicyclic amines) is 1. The van der Waals surface area contributed by atoms with Crippen LogP contribution in [0.15, 0.2) is 18.2 Å². The number of nitrogens with one attached hydrogen (secondary N) is 1. The van der Waals surface area contributed by atoms with Crippen molar-refractivity contribution in [1.29, 1.82) is 0 Å². The van der Waals surface area contributed by atoms with Crippen LogP contribution in [-0.4, -0.2) is 47.0 Å². The first-order valence-electron chi connectivity index (χ1n) is 10.8. The summed E-state index contributed by atoms with van der Waals surface area (Å²) in [6.07, 6.45) is 11.0. The molecule has 4 rings (SSSR count). The fourth-order valence-corrected chi connectivity index (χ4v) is 5.09. The second kappa shape index (κ2) is 8.52. The van der Waals surface area contributed by atoms with Crippen LogP contribution in [0.2, 0.25) is 0 Å². The molecule has 0 atom stereocenters. The topological polar surface area (TPSA) is 72.9 Å². The molecule has 2 amide bonds. The molecule has 0 unspecified atom stereocenters. The Morgan fingerprint density at radius 3 is 2.29 bits per heavy atom. The highest BCUT2D eigenvalue weighted by Gasteiger charge is 2.35. The number of carbonyl (C=O) groups excluding carboxylic acids is 2. The summed E-state index contributed by atoms with van der Waals surface area (Å²) in [6, 6.07) is 5.58. The lowest BCUT2D eigenvalue weighted by atomic mass is 9.93. The molecular formula is C22H31N3O3. The third-order valence-electron chi connectivity index (χ3n) is 6.55. The molecule has 1 aromatic carbocycles. The number of carbonyl (C=O) groups is 2. The van der Waals surface area contributed by atoms with Crippen molar-refractivity contribution in [2.45, 2.75) is 76.3 Å². The van der Waals surface area contributed by atoms with Crippen LogP contribution in [-0.2, 0) is 9.59 Å². The SMILES string of the molecule is O=C1CC(=O)N(C2CCN(C3CCCCCCC3)CC2)c2cc(O)ccc2N1. The highest BCUT2D eigenvalue weighted by atomic mass is 16.3. The molecular weight excluding hydrogens is 354 g/mol. The van der Waals surface area contributed by atoms with E-state index in [9.17, 15) is 14.7 Å². The van der Waals surface area contributed by atoms with Crippen molar-refractivity contribution in [2.24, 2.45) is 0 Å². The average Bonchev–Trinajstić information content (AvgIpc) is 2.76. The molecule has 0 radical (unpaired) electrons. The van der Waals surface area contributed by atoms with Gasteiger partial charge in [-0.15, -0.1) is 0 Å². The van der Waals surface area contributed by atoms with Gasteiger partial charge in [-0.05, 0) is 37.8 Å². The lowest BCUT2D eigenvalue weighted by Crippen LogP contribution is -2.50. The predicted octanol–water partition coefficient (Wildman–Crippen LogP) is 3.64. The van der Waals surface area contributed by atoms with Gasteiger partial charge in [-0.3, -0.25) is 9.59 Å². The number of aromatic hydroxyl groups is 1. The zero-order valence-electron chi connectivity index (χ0n) is 16.5. The summed E-state index contributed by atoms with van der Waals surface area (Å²) in [5.41, 5.74) is 1.23. The third-order valence-corrected chi connectivity index (χ3v) is 6.55. The lowest BCUT2D eigenvalue weighted by Gasteiger charge is -2.42. The Labute approximate surface area is 166 Å². The second-order valence-corrected chi connectivity index (χ2v) is 8.46.